The molecule has 108 valence electrons. The van der Waals surface area contributed by atoms with E-state index in [0.717, 1.165) is 5.56 Å². The van der Waals surface area contributed by atoms with Crippen molar-refractivity contribution in [3.8, 4) is 0 Å². The predicted molar refractivity (Wildman–Crippen MR) is 78.3 cm³/mol. The number of anilines is 1. The van der Waals surface area contributed by atoms with Gasteiger partial charge in [0.1, 0.15) is 5.15 Å². The summed E-state index contributed by atoms with van der Waals surface area (Å²) in [7, 11) is 0. The molecule has 21 heavy (non-hydrogen) atoms. The lowest BCUT2D eigenvalue weighted by Crippen LogP contribution is -2.12. The Balaban J connectivity index is 1.68. The number of hydrogen-bond acceptors (Lipinski definition) is 4. The molecule has 0 saturated carbocycles. The van der Waals surface area contributed by atoms with Crippen molar-refractivity contribution in [3.05, 3.63) is 58.9 Å². The number of hydrogen-bond donors (Lipinski definition) is 1. The van der Waals surface area contributed by atoms with Crippen LogP contribution in [0.2, 0.25) is 5.15 Å². The van der Waals surface area contributed by atoms with Crippen LogP contribution < -0.4 is 5.32 Å². The molecule has 1 aliphatic rings. The predicted octanol–water partition coefficient (Wildman–Crippen LogP) is 3.03. The number of aromatic nitrogens is 1. The third-order valence-corrected chi connectivity index (χ3v) is 3.26. The zero-order valence-corrected chi connectivity index (χ0v) is 11.8. The Morgan fingerprint density at radius 1 is 1.19 bits per heavy atom. The lowest BCUT2D eigenvalue weighted by molar-refractivity contribution is -0.0441. The van der Waals surface area contributed by atoms with Crippen LogP contribution in [0.5, 0.6) is 0 Å². The monoisotopic (exact) mass is 304 g/mol. The van der Waals surface area contributed by atoms with Crippen molar-refractivity contribution in [1.29, 1.82) is 0 Å². The lowest BCUT2D eigenvalue weighted by atomic mass is 10.2. The summed E-state index contributed by atoms with van der Waals surface area (Å²) < 4.78 is 10.8. The van der Waals surface area contributed by atoms with Crippen LogP contribution in [0.1, 0.15) is 22.2 Å². The zero-order chi connectivity index (χ0) is 14.7. The number of carbonyl (C=O) groups excluding carboxylic acids is 1. The average molecular weight is 305 g/mol. The SMILES string of the molecule is O=C(Nc1ccc(C2OCCO2)cc1)c1ccnc(Cl)c1. The first-order valence-electron chi connectivity index (χ1n) is 6.48. The van der Waals surface area contributed by atoms with Gasteiger partial charge in [-0.2, -0.15) is 0 Å². The second-order valence-corrected chi connectivity index (χ2v) is 4.90. The number of rotatable bonds is 3. The van der Waals surface area contributed by atoms with E-state index in [1.165, 1.54) is 12.3 Å². The number of amides is 1. The number of pyridine rings is 1. The molecular formula is C15H13ClN2O3. The first-order chi connectivity index (χ1) is 10.2. The number of benzene rings is 1. The number of nitrogens with one attached hydrogen (secondary N) is 1. The maximum atomic E-state index is 12.1. The molecule has 3 rings (SSSR count). The molecule has 2 heterocycles. The maximum Gasteiger partial charge on any atom is 0.255 e. The van der Waals surface area contributed by atoms with Crippen LogP contribution in [0.4, 0.5) is 5.69 Å². The van der Waals surface area contributed by atoms with Gasteiger partial charge in [-0.1, -0.05) is 23.7 Å². The van der Waals surface area contributed by atoms with Crippen LogP contribution in [-0.2, 0) is 9.47 Å². The van der Waals surface area contributed by atoms with Crippen LogP contribution in [-0.4, -0.2) is 24.1 Å². The molecular weight excluding hydrogens is 292 g/mol. The number of ether oxygens (including phenoxy) is 2. The van der Waals surface area contributed by atoms with Gasteiger partial charge < -0.3 is 14.8 Å². The first kappa shape index (κ1) is 14.0. The van der Waals surface area contributed by atoms with Gasteiger partial charge in [-0.3, -0.25) is 4.79 Å². The lowest BCUT2D eigenvalue weighted by Gasteiger charge is -2.10. The molecule has 1 aliphatic heterocycles. The average Bonchev–Trinajstić information content (AvgIpc) is 3.02. The fourth-order valence-corrected chi connectivity index (χ4v) is 2.20. The van der Waals surface area contributed by atoms with Gasteiger partial charge in [0.25, 0.3) is 5.91 Å². The summed E-state index contributed by atoms with van der Waals surface area (Å²) in [6, 6.07) is 10.5. The smallest absolute Gasteiger partial charge is 0.255 e. The highest BCUT2D eigenvalue weighted by Gasteiger charge is 2.18. The zero-order valence-electron chi connectivity index (χ0n) is 11.1. The van der Waals surface area contributed by atoms with Crippen molar-refractivity contribution in [2.24, 2.45) is 0 Å². The molecule has 0 unspecified atom stereocenters. The Kier molecular flexibility index (Phi) is 4.15. The highest BCUT2D eigenvalue weighted by molar-refractivity contribution is 6.29. The molecule has 5 nitrogen and oxygen atoms in total. The third-order valence-electron chi connectivity index (χ3n) is 3.05. The fourth-order valence-electron chi connectivity index (χ4n) is 2.02. The molecule has 1 amide bonds. The summed E-state index contributed by atoms with van der Waals surface area (Å²) >= 11 is 5.77. The van der Waals surface area contributed by atoms with Crippen LogP contribution in [0.3, 0.4) is 0 Å². The Labute approximate surface area is 126 Å². The van der Waals surface area contributed by atoms with Gasteiger partial charge in [-0.25, -0.2) is 4.98 Å². The Hall–Kier alpha value is -1.95. The standard InChI is InChI=1S/C15H13ClN2O3/c16-13-9-11(5-6-17-13)14(19)18-12-3-1-10(2-4-12)15-20-7-8-21-15/h1-6,9,15H,7-8H2,(H,18,19). The van der Waals surface area contributed by atoms with Crippen LogP contribution in [0.25, 0.3) is 0 Å². The van der Waals surface area contributed by atoms with Gasteiger partial charge in [0.05, 0.1) is 13.2 Å². The van der Waals surface area contributed by atoms with Crippen LogP contribution >= 0.6 is 11.6 Å². The second kappa shape index (κ2) is 6.22. The fraction of sp³-hybridized carbons (Fsp3) is 0.200. The summed E-state index contributed by atoms with van der Waals surface area (Å²) in [6.45, 7) is 1.21. The Morgan fingerprint density at radius 2 is 1.90 bits per heavy atom. The van der Waals surface area contributed by atoms with Crippen LogP contribution in [0.15, 0.2) is 42.6 Å². The molecule has 1 fully saturated rings. The van der Waals surface area contributed by atoms with Gasteiger partial charge in [0.15, 0.2) is 6.29 Å². The van der Waals surface area contributed by atoms with Gasteiger partial charge in [0, 0.05) is 23.0 Å². The molecule has 1 saturated heterocycles. The van der Waals surface area contributed by atoms with Gasteiger partial charge in [-0.15, -0.1) is 0 Å². The molecule has 0 bridgehead atoms. The number of nitrogens with zero attached hydrogens (tertiary/aromatic N) is 1. The van der Waals surface area contributed by atoms with Crippen LogP contribution in [0, 0.1) is 0 Å². The molecule has 0 aliphatic carbocycles. The van der Waals surface area contributed by atoms with E-state index in [2.05, 4.69) is 10.3 Å². The van der Waals surface area contributed by atoms with E-state index in [1.807, 2.05) is 12.1 Å². The van der Waals surface area contributed by atoms with Gasteiger partial charge >= 0.3 is 0 Å². The van der Waals surface area contributed by atoms with E-state index in [4.69, 9.17) is 21.1 Å². The third kappa shape index (κ3) is 3.39. The van der Waals surface area contributed by atoms with E-state index in [1.54, 1.807) is 18.2 Å². The summed E-state index contributed by atoms with van der Waals surface area (Å²) in [5.41, 5.74) is 2.08. The number of halogens is 1. The Bertz CT molecular complexity index is 640. The molecule has 1 aromatic carbocycles. The summed E-state index contributed by atoms with van der Waals surface area (Å²) in [6.07, 6.45) is 1.18. The van der Waals surface area contributed by atoms with Gasteiger partial charge in [0.2, 0.25) is 0 Å². The quantitative estimate of drug-likeness (QED) is 0.885. The Morgan fingerprint density at radius 3 is 2.57 bits per heavy atom. The van der Waals surface area contributed by atoms with Crippen molar-refractivity contribution >= 4 is 23.2 Å². The summed E-state index contributed by atoms with van der Waals surface area (Å²) in [5.74, 6) is -0.236. The minimum absolute atomic E-state index is 0.236. The van der Waals surface area contributed by atoms with Crippen molar-refractivity contribution < 1.29 is 14.3 Å². The molecule has 2 aromatic rings. The molecule has 6 heteroatoms. The molecule has 0 radical (unpaired) electrons. The summed E-state index contributed by atoms with van der Waals surface area (Å²) in [4.78, 5) is 15.9. The van der Waals surface area contributed by atoms with Gasteiger partial charge in [-0.05, 0) is 24.3 Å². The topological polar surface area (TPSA) is 60.5 Å². The second-order valence-electron chi connectivity index (χ2n) is 4.52. The van der Waals surface area contributed by atoms with E-state index in [0.29, 0.717) is 24.5 Å². The molecule has 1 N–H and O–H groups in total. The van der Waals surface area contributed by atoms with Crippen molar-refractivity contribution in [2.45, 2.75) is 6.29 Å². The van der Waals surface area contributed by atoms with Crippen molar-refractivity contribution in [1.82, 2.24) is 4.98 Å². The highest BCUT2D eigenvalue weighted by atomic mass is 35.5. The number of carbonyl (C=O) groups is 1. The molecule has 1 aromatic heterocycles. The van der Waals surface area contributed by atoms with Crippen molar-refractivity contribution in [2.75, 3.05) is 18.5 Å². The molecule has 0 spiro atoms. The summed E-state index contributed by atoms with van der Waals surface area (Å²) in [5, 5.41) is 3.08. The van der Waals surface area contributed by atoms with E-state index in [-0.39, 0.29) is 17.4 Å². The molecule has 0 atom stereocenters. The normalized spacial score (nSPS) is 15.1. The van der Waals surface area contributed by atoms with E-state index < -0.39 is 0 Å². The minimum atomic E-state index is -0.311. The minimum Gasteiger partial charge on any atom is -0.346 e. The maximum absolute atomic E-state index is 12.1. The van der Waals surface area contributed by atoms with Crippen molar-refractivity contribution in [3.63, 3.8) is 0 Å². The largest absolute Gasteiger partial charge is 0.346 e. The first-order valence-corrected chi connectivity index (χ1v) is 6.86. The highest BCUT2D eigenvalue weighted by Crippen LogP contribution is 2.24. The van der Waals surface area contributed by atoms with E-state index in [9.17, 15) is 4.79 Å². The van der Waals surface area contributed by atoms with E-state index >= 15 is 0 Å².